The van der Waals surface area contributed by atoms with Gasteiger partial charge in [0.15, 0.2) is 28.8 Å². The first kappa shape index (κ1) is 8.32. The third-order valence-corrected chi connectivity index (χ3v) is 3.15. The average molecular weight is 291 g/mol. The zero-order valence-electron chi connectivity index (χ0n) is 6.47. The minimum atomic E-state index is 0.913. The molecule has 2 rings (SSSR count). The van der Waals surface area contributed by atoms with E-state index >= 15 is 0 Å². The first-order valence-corrected chi connectivity index (χ1v) is 5.38. The van der Waals surface area contributed by atoms with Crippen LogP contribution >= 0.6 is 31.2 Å². The monoisotopic (exact) mass is 291 g/mol. The van der Waals surface area contributed by atoms with Crippen LogP contribution < -0.4 is 3.07 Å². The first-order valence-electron chi connectivity index (χ1n) is 3.53. The van der Waals surface area contributed by atoms with Gasteiger partial charge >= 0.3 is 0 Å². The summed E-state index contributed by atoms with van der Waals surface area (Å²) in [5, 5.41) is 2.51. The zero-order chi connectivity index (χ0) is 8.55. The minimum Gasteiger partial charge on any atom is -0.425 e. The molecule has 0 atom stereocenters. The molecule has 0 fully saturated rings. The van der Waals surface area contributed by atoms with Crippen LogP contribution in [0.1, 0.15) is 5.30 Å². The number of H-pyrrole nitrogens is 1. The Labute approximate surface area is 86.1 Å². The summed E-state index contributed by atoms with van der Waals surface area (Å²) in [5.74, 6) is 3.07. The Morgan fingerprint density at radius 1 is 1.58 bits per heavy atom. The van der Waals surface area contributed by atoms with Gasteiger partial charge in [0.05, 0.1) is 5.52 Å². The molecule has 0 spiro atoms. The molecule has 0 aromatic carbocycles. The zero-order valence-corrected chi connectivity index (χ0v) is 9.52. The van der Waals surface area contributed by atoms with Crippen LogP contribution in [-0.2, 0) is 0 Å². The van der Waals surface area contributed by atoms with Gasteiger partial charge in [-0.25, -0.2) is 0 Å². The van der Waals surface area contributed by atoms with Crippen molar-refractivity contribution in [1.82, 2.24) is 4.98 Å². The second-order valence-electron chi connectivity index (χ2n) is 2.60. The third kappa shape index (κ3) is 1.31. The molecule has 0 aliphatic rings. The molecule has 0 aliphatic heterocycles. The Kier molecular flexibility index (Phi) is 2.24. The van der Waals surface area contributed by atoms with Gasteiger partial charge in [0.1, 0.15) is 0 Å². The van der Waals surface area contributed by atoms with E-state index in [0.29, 0.717) is 0 Å². The van der Waals surface area contributed by atoms with Gasteiger partial charge in [0, 0.05) is 11.6 Å². The first-order chi connectivity index (χ1) is 5.81. The normalized spacial score (nSPS) is 11.2. The fourth-order valence-electron chi connectivity index (χ4n) is 1.16. The minimum absolute atomic E-state index is 0.913. The Balaban J connectivity index is 2.75. The summed E-state index contributed by atoms with van der Waals surface area (Å²) in [6.07, 6.45) is 1.89. The molecular formula is C8H7INOP. The molecule has 2 aromatic rings. The molecular weight excluding hydrogens is 284 g/mol. The van der Waals surface area contributed by atoms with Gasteiger partial charge in [0.25, 0.3) is 0 Å². The number of halogens is 1. The molecule has 0 unspecified atom stereocenters. The van der Waals surface area contributed by atoms with E-state index in [1.807, 2.05) is 29.2 Å². The lowest BCUT2D eigenvalue weighted by Gasteiger charge is -1.94. The number of nitrogens with one attached hydrogen (secondary N) is 1. The highest BCUT2D eigenvalue weighted by Gasteiger charge is 2.03. The lowest BCUT2D eigenvalue weighted by molar-refractivity contribution is 0.726. The van der Waals surface area contributed by atoms with Crippen molar-refractivity contribution in [3.63, 3.8) is 0 Å². The maximum Gasteiger partial charge on any atom is 0.192 e. The highest BCUT2D eigenvalue weighted by Crippen LogP contribution is 2.30. The van der Waals surface area contributed by atoms with Crippen LogP contribution in [0.5, 0.6) is 5.75 Å². The van der Waals surface area contributed by atoms with Crippen LogP contribution in [0.15, 0.2) is 18.1 Å². The van der Waals surface area contributed by atoms with Crippen LogP contribution in [0.4, 0.5) is 0 Å². The lowest BCUT2D eigenvalue weighted by atomic mass is 10.3. The molecule has 12 heavy (non-hydrogen) atoms. The van der Waals surface area contributed by atoms with Crippen molar-refractivity contribution in [1.29, 1.82) is 0 Å². The number of hydrogen-bond donors (Lipinski definition) is 1. The fraction of sp³-hybridized carbons (Fsp3) is 0.125. The maximum absolute atomic E-state index is 5.17. The Morgan fingerprint density at radius 3 is 3.17 bits per heavy atom. The van der Waals surface area contributed by atoms with Crippen LogP contribution in [0.2, 0.25) is 0 Å². The van der Waals surface area contributed by atoms with E-state index in [-0.39, 0.29) is 0 Å². The Hall–Kier alpha value is -0.280. The molecule has 2 aromatic heterocycles. The molecule has 0 amide bonds. The summed E-state index contributed by atoms with van der Waals surface area (Å²) in [7, 11) is 1.27. The lowest BCUT2D eigenvalue weighted by Crippen LogP contribution is -1.69. The van der Waals surface area contributed by atoms with Crippen molar-refractivity contribution in [2.24, 2.45) is 0 Å². The topological polar surface area (TPSA) is 25.0 Å². The van der Waals surface area contributed by atoms with Crippen molar-refractivity contribution in [2.45, 2.75) is 6.92 Å². The van der Waals surface area contributed by atoms with Gasteiger partial charge < -0.3 is 8.05 Å². The van der Waals surface area contributed by atoms with E-state index in [1.165, 1.54) is 18.9 Å². The van der Waals surface area contributed by atoms with E-state index in [9.17, 15) is 0 Å². The highest BCUT2D eigenvalue weighted by atomic mass is 127. The second kappa shape index (κ2) is 3.23. The third-order valence-electron chi connectivity index (χ3n) is 1.75. The van der Waals surface area contributed by atoms with E-state index in [1.54, 1.807) is 0 Å². The maximum atomic E-state index is 5.17. The van der Waals surface area contributed by atoms with Crippen molar-refractivity contribution < 1.29 is 3.07 Å². The summed E-state index contributed by atoms with van der Waals surface area (Å²) in [4.78, 5) is 3.16. The Morgan fingerprint density at radius 2 is 2.42 bits per heavy atom. The standard InChI is InChI=1S/C8H7INOP/c1-5-2-6-7(4-12-5)10-3-8(6)11-9/h2-4,10H,1H3. The quantitative estimate of drug-likeness (QED) is 0.794. The largest absolute Gasteiger partial charge is 0.425 e. The van der Waals surface area contributed by atoms with Crippen molar-refractivity contribution in [3.05, 3.63) is 23.4 Å². The number of aryl methyl sites for hydroxylation is 1. The van der Waals surface area contributed by atoms with Crippen molar-refractivity contribution in [3.8, 4) is 5.75 Å². The number of rotatable bonds is 1. The van der Waals surface area contributed by atoms with E-state index in [2.05, 4.69) is 23.8 Å². The van der Waals surface area contributed by atoms with Crippen LogP contribution in [0.3, 0.4) is 0 Å². The summed E-state index contributed by atoms with van der Waals surface area (Å²) in [5.41, 5.74) is 1.16. The molecule has 0 radical (unpaired) electrons. The van der Waals surface area contributed by atoms with Gasteiger partial charge in [-0.05, 0) is 24.1 Å². The van der Waals surface area contributed by atoms with Crippen molar-refractivity contribution >= 4 is 42.1 Å². The molecule has 62 valence electrons. The number of hydrogen-bond acceptors (Lipinski definition) is 1. The van der Waals surface area contributed by atoms with Gasteiger partial charge in [-0.2, -0.15) is 0 Å². The fourth-order valence-corrected chi connectivity index (χ4v) is 2.28. The smallest absolute Gasteiger partial charge is 0.192 e. The molecule has 2 heterocycles. The molecule has 1 N–H and O–H groups in total. The second-order valence-corrected chi connectivity index (χ2v) is 4.26. The summed E-state index contributed by atoms with van der Waals surface area (Å²) < 4.78 is 5.17. The molecule has 4 heteroatoms. The summed E-state index contributed by atoms with van der Waals surface area (Å²) in [6, 6.07) is 2.15. The summed E-state index contributed by atoms with van der Waals surface area (Å²) in [6.45, 7) is 2.12. The molecule has 0 saturated carbocycles. The van der Waals surface area contributed by atoms with Crippen LogP contribution in [-0.4, -0.2) is 4.98 Å². The van der Waals surface area contributed by atoms with Crippen molar-refractivity contribution in [2.75, 3.05) is 0 Å². The van der Waals surface area contributed by atoms with E-state index in [4.69, 9.17) is 3.07 Å². The average Bonchev–Trinajstić information content (AvgIpc) is 2.46. The summed E-state index contributed by atoms with van der Waals surface area (Å²) >= 11 is 1.90. The Bertz CT molecular complexity index is 412. The number of aromatic amines is 1. The van der Waals surface area contributed by atoms with Gasteiger partial charge in [0.2, 0.25) is 0 Å². The molecule has 0 aliphatic carbocycles. The SMILES string of the molecule is Cc1cc2c(OI)c[nH]c2cp1. The van der Waals surface area contributed by atoms with Gasteiger partial charge in [-0.1, -0.05) is 8.19 Å². The van der Waals surface area contributed by atoms with Crippen LogP contribution in [0.25, 0.3) is 10.9 Å². The number of fused-ring (bicyclic) bond motifs is 1. The van der Waals surface area contributed by atoms with E-state index in [0.717, 1.165) is 11.3 Å². The predicted molar refractivity (Wildman–Crippen MR) is 60.2 cm³/mol. The highest BCUT2D eigenvalue weighted by molar-refractivity contribution is 14.1. The molecule has 0 saturated heterocycles. The molecule has 2 nitrogen and oxygen atoms in total. The number of aromatic nitrogens is 1. The predicted octanol–water partition coefficient (Wildman–Crippen LogP) is 3.79. The van der Waals surface area contributed by atoms with Gasteiger partial charge in [-0.15, -0.1) is 0 Å². The van der Waals surface area contributed by atoms with Gasteiger partial charge in [-0.3, -0.25) is 0 Å². The van der Waals surface area contributed by atoms with Crippen LogP contribution in [0, 0.1) is 6.92 Å². The van der Waals surface area contributed by atoms with E-state index < -0.39 is 0 Å². The molecule has 0 bridgehead atoms.